The number of carbonyl (C=O) groups is 2. The summed E-state index contributed by atoms with van der Waals surface area (Å²) in [6.45, 7) is 2.76. The van der Waals surface area contributed by atoms with Gasteiger partial charge in [-0.15, -0.1) is 0 Å². The molecule has 1 saturated heterocycles. The molecular formula is C22H23F3N2O3. The van der Waals surface area contributed by atoms with Gasteiger partial charge in [-0.2, -0.15) is 13.2 Å². The quantitative estimate of drug-likeness (QED) is 0.719. The lowest BCUT2D eigenvalue weighted by Crippen LogP contribution is -2.28. The molecule has 1 fully saturated rings. The van der Waals surface area contributed by atoms with Crippen molar-refractivity contribution in [3.8, 4) is 5.75 Å². The molecule has 0 aliphatic carbocycles. The van der Waals surface area contributed by atoms with Crippen LogP contribution >= 0.6 is 0 Å². The first-order valence-corrected chi connectivity index (χ1v) is 9.74. The van der Waals surface area contributed by atoms with E-state index in [0.29, 0.717) is 23.6 Å². The van der Waals surface area contributed by atoms with Crippen LogP contribution in [0, 0.1) is 5.92 Å². The van der Waals surface area contributed by atoms with Gasteiger partial charge in [-0.05, 0) is 36.2 Å². The predicted molar refractivity (Wildman–Crippen MR) is 106 cm³/mol. The van der Waals surface area contributed by atoms with Crippen LogP contribution in [0.15, 0.2) is 48.5 Å². The number of hydrogen-bond acceptors (Lipinski definition) is 3. The maximum atomic E-state index is 12.9. The van der Waals surface area contributed by atoms with E-state index in [1.807, 2.05) is 6.92 Å². The fourth-order valence-corrected chi connectivity index (χ4v) is 3.29. The van der Waals surface area contributed by atoms with Gasteiger partial charge < -0.3 is 15.0 Å². The van der Waals surface area contributed by atoms with Gasteiger partial charge in [0.25, 0.3) is 0 Å². The second-order valence-corrected chi connectivity index (χ2v) is 7.24. The van der Waals surface area contributed by atoms with Crippen molar-refractivity contribution >= 4 is 17.5 Å². The van der Waals surface area contributed by atoms with Gasteiger partial charge in [0.1, 0.15) is 5.75 Å². The van der Waals surface area contributed by atoms with Crippen molar-refractivity contribution in [3.63, 3.8) is 0 Å². The maximum Gasteiger partial charge on any atom is 0.416 e. The smallest absolute Gasteiger partial charge is 0.416 e. The minimum atomic E-state index is -4.44. The van der Waals surface area contributed by atoms with Crippen LogP contribution in [-0.2, 0) is 22.3 Å². The summed E-state index contributed by atoms with van der Waals surface area (Å²) < 4.78 is 44.2. The van der Waals surface area contributed by atoms with E-state index < -0.39 is 17.7 Å². The second kappa shape index (κ2) is 9.19. The first-order valence-electron chi connectivity index (χ1n) is 9.74. The summed E-state index contributed by atoms with van der Waals surface area (Å²) in [5.74, 6) is -0.484. The topological polar surface area (TPSA) is 58.6 Å². The Morgan fingerprint density at radius 1 is 1.20 bits per heavy atom. The zero-order chi connectivity index (χ0) is 21.7. The minimum absolute atomic E-state index is 0.0246. The van der Waals surface area contributed by atoms with Crippen LogP contribution in [0.2, 0.25) is 0 Å². The van der Waals surface area contributed by atoms with Crippen molar-refractivity contribution in [1.82, 2.24) is 4.90 Å². The number of carbonyl (C=O) groups excluding carboxylic acids is 2. The largest absolute Gasteiger partial charge is 0.494 e. The predicted octanol–water partition coefficient (Wildman–Crippen LogP) is 4.48. The van der Waals surface area contributed by atoms with E-state index in [-0.39, 0.29) is 31.3 Å². The van der Waals surface area contributed by atoms with Gasteiger partial charge in [0.2, 0.25) is 11.8 Å². The summed E-state index contributed by atoms with van der Waals surface area (Å²) >= 11 is 0. The Labute approximate surface area is 172 Å². The fraction of sp³-hybridized carbons (Fsp3) is 0.364. The first-order chi connectivity index (χ1) is 14.3. The van der Waals surface area contributed by atoms with Crippen LogP contribution in [0.3, 0.4) is 0 Å². The number of rotatable bonds is 7. The fourth-order valence-electron chi connectivity index (χ4n) is 3.29. The number of nitrogens with one attached hydrogen (secondary N) is 1. The van der Waals surface area contributed by atoms with Crippen molar-refractivity contribution < 1.29 is 27.5 Å². The Bertz CT molecular complexity index is 914. The van der Waals surface area contributed by atoms with Gasteiger partial charge in [0.15, 0.2) is 0 Å². The molecule has 30 heavy (non-hydrogen) atoms. The highest BCUT2D eigenvalue weighted by molar-refractivity contribution is 5.97. The molecular weight excluding hydrogens is 397 g/mol. The van der Waals surface area contributed by atoms with Crippen molar-refractivity contribution in [1.29, 1.82) is 0 Å². The monoisotopic (exact) mass is 420 g/mol. The number of halogens is 3. The highest BCUT2D eigenvalue weighted by atomic mass is 19.4. The van der Waals surface area contributed by atoms with Crippen LogP contribution in [0.5, 0.6) is 5.75 Å². The third-order valence-electron chi connectivity index (χ3n) is 4.79. The van der Waals surface area contributed by atoms with Crippen molar-refractivity contribution in [2.75, 3.05) is 18.5 Å². The molecule has 8 heteroatoms. The molecule has 160 valence electrons. The van der Waals surface area contributed by atoms with Crippen LogP contribution in [0.4, 0.5) is 18.9 Å². The highest BCUT2D eigenvalue weighted by Gasteiger charge is 2.35. The van der Waals surface area contributed by atoms with Gasteiger partial charge in [0, 0.05) is 31.3 Å². The standard InChI is InChI=1S/C22H23F3N2O3/c1-2-9-30-19-8-4-7-18(12-19)26-21(29)16-11-20(28)27(14-16)13-15-5-3-6-17(10-15)22(23,24)25/h3-8,10,12,16H,2,9,11,13-14H2,1H3,(H,26,29). The van der Waals surface area contributed by atoms with Gasteiger partial charge in [-0.1, -0.05) is 25.1 Å². The lowest BCUT2D eigenvalue weighted by atomic mass is 10.1. The molecule has 2 aromatic rings. The summed E-state index contributed by atoms with van der Waals surface area (Å²) in [5, 5.41) is 2.79. The van der Waals surface area contributed by atoms with E-state index >= 15 is 0 Å². The lowest BCUT2D eigenvalue weighted by Gasteiger charge is -2.18. The number of hydrogen-bond donors (Lipinski definition) is 1. The van der Waals surface area contributed by atoms with Crippen LogP contribution < -0.4 is 10.1 Å². The summed E-state index contributed by atoms with van der Waals surface area (Å²) in [6.07, 6.45) is -3.55. The van der Waals surface area contributed by atoms with Crippen LogP contribution in [0.1, 0.15) is 30.9 Å². The van der Waals surface area contributed by atoms with Gasteiger partial charge in [-0.25, -0.2) is 0 Å². The molecule has 1 aliphatic rings. The third kappa shape index (κ3) is 5.52. The molecule has 2 aromatic carbocycles. The molecule has 0 radical (unpaired) electrons. The number of alkyl halides is 3. The Hall–Kier alpha value is -3.03. The van der Waals surface area contributed by atoms with E-state index in [4.69, 9.17) is 4.74 Å². The van der Waals surface area contributed by atoms with E-state index in [0.717, 1.165) is 18.6 Å². The normalized spacial score (nSPS) is 16.6. The molecule has 0 aromatic heterocycles. The first kappa shape index (κ1) is 21.7. The Kier molecular flexibility index (Phi) is 6.64. The van der Waals surface area contributed by atoms with Gasteiger partial charge in [0.05, 0.1) is 18.1 Å². The average molecular weight is 420 g/mol. The summed E-state index contributed by atoms with van der Waals surface area (Å²) in [7, 11) is 0. The van der Waals surface area contributed by atoms with Crippen LogP contribution in [-0.4, -0.2) is 29.9 Å². The zero-order valence-electron chi connectivity index (χ0n) is 16.5. The number of benzene rings is 2. The molecule has 1 heterocycles. The van der Waals surface area contributed by atoms with Gasteiger partial charge in [-0.3, -0.25) is 9.59 Å². The minimum Gasteiger partial charge on any atom is -0.494 e. The van der Waals surface area contributed by atoms with E-state index in [2.05, 4.69) is 5.32 Å². The molecule has 0 bridgehead atoms. The van der Waals surface area contributed by atoms with E-state index in [1.54, 1.807) is 24.3 Å². The SMILES string of the molecule is CCCOc1cccc(NC(=O)C2CC(=O)N(Cc3cccc(C(F)(F)F)c3)C2)c1. The summed E-state index contributed by atoms with van der Waals surface area (Å²) in [4.78, 5) is 26.3. The Morgan fingerprint density at radius 2 is 1.97 bits per heavy atom. The van der Waals surface area contributed by atoms with E-state index in [9.17, 15) is 22.8 Å². The molecule has 1 atom stereocenters. The molecule has 0 spiro atoms. The molecule has 3 rings (SSSR count). The molecule has 2 amide bonds. The van der Waals surface area contributed by atoms with Crippen molar-refractivity contribution in [2.45, 2.75) is 32.5 Å². The highest BCUT2D eigenvalue weighted by Crippen LogP contribution is 2.30. The zero-order valence-corrected chi connectivity index (χ0v) is 16.5. The average Bonchev–Trinajstić information content (AvgIpc) is 3.07. The van der Waals surface area contributed by atoms with E-state index in [1.165, 1.54) is 17.0 Å². The Balaban J connectivity index is 1.61. The number of amides is 2. The molecule has 0 saturated carbocycles. The van der Waals surface area contributed by atoms with Crippen molar-refractivity contribution in [3.05, 3.63) is 59.7 Å². The molecule has 1 N–H and O–H groups in total. The number of ether oxygens (including phenoxy) is 1. The maximum absolute atomic E-state index is 12.9. The molecule has 5 nitrogen and oxygen atoms in total. The number of nitrogens with zero attached hydrogens (tertiary/aromatic N) is 1. The summed E-state index contributed by atoms with van der Waals surface area (Å²) in [5.41, 5.74) is 0.184. The van der Waals surface area contributed by atoms with Crippen LogP contribution in [0.25, 0.3) is 0 Å². The van der Waals surface area contributed by atoms with Gasteiger partial charge >= 0.3 is 6.18 Å². The van der Waals surface area contributed by atoms with Crippen molar-refractivity contribution in [2.24, 2.45) is 5.92 Å². The lowest BCUT2D eigenvalue weighted by molar-refractivity contribution is -0.137. The third-order valence-corrected chi connectivity index (χ3v) is 4.79. The second-order valence-electron chi connectivity index (χ2n) is 7.24. The molecule has 1 aliphatic heterocycles. The Morgan fingerprint density at radius 3 is 2.70 bits per heavy atom. The number of likely N-dealkylation sites (tertiary alicyclic amines) is 1. The molecule has 1 unspecified atom stereocenters. The number of anilines is 1. The summed E-state index contributed by atoms with van der Waals surface area (Å²) in [6, 6.07) is 11.9.